The van der Waals surface area contributed by atoms with Gasteiger partial charge in [0.2, 0.25) is 0 Å². The Morgan fingerprint density at radius 3 is 1.07 bits per heavy atom. The summed E-state index contributed by atoms with van der Waals surface area (Å²) in [4.78, 5) is 36.3. The van der Waals surface area contributed by atoms with E-state index in [1.807, 2.05) is 145 Å². The van der Waals surface area contributed by atoms with Gasteiger partial charge < -0.3 is 53.9 Å². The van der Waals surface area contributed by atoms with Crippen molar-refractivity contribution in [1.29, 1.82) is 0 Å². The number of fused-ring (bicyclic) bond motifs is 4. The molecule has 0 bridgehead atoms. The van der Waals surface area contributed by atoms with E-state index in [9.17, 15) is 14.0 Å². The van der Waals surface area contributed by atoms with Crippen LogP contribution in [0.2, 0.25) is 0 Å². The van der Waals surface area contributed by atoms with E-state index in [1.54, 1.807) is 48.9 Å². The van der Waals surface area contributed by atoms with Gasteiger partial charge in [0.1, 0.15) is 23.1 Å². The largest absolute Gasteiger partial charge is 0.494 e. The van der Waals surface area contributed by atoms with E-state index in [0.29, 0.717) is 42.7 Å². The summed E-state index contributed by atoms with van der Waals surface area (Å²) in [7, 11) is 9.88. The quantitative estimate of drug-likeness (QED) is 0.102. The molecule has 4 aromatic heterocycles. The number of ether oxygens (including phenoxy) is 3. The van der Waals surface area contributed by atoms with Crippen LogP contribution >= 0.6 is 49.9 Å². The molecule has 4 unspecified atom stereocenters. The first-order valence-corrected chi connectivity index (χ1v) is 41.6. The van der Waals surface area contributed by atoms with Crippen LogP contribution in [0.1, 0.15) is 191 Å². The number of aromatic nitrogens is 4. The van der Waals surface area contributed by atoms with Crippen molar-refractivity contribution in [3.8, 4) is 17.2 Å². The van der Waals surface area contributed by atoms with Gasteiger partial charge >= 0.3 is 0 Å². The number of aromatic amines is 2. The van der Waals surface area contributed by atoms with Crippen LogP contribution in [0.15, 0.2) is 141 Å². The maximum absolute atomic E-state index is 12.7. The first-order chi connectivity index (χ1) is 43.5. The molecule has 4 atom stereocenters. The smallest absolute Gasteiger partial charge is 0.255 e. The maximum Gasteiger partial charge on any atom is 0.255 e. The fourth-order valence-corrected chi connectivity index (χ4v) is 13.1. The van der Waals surface area contributed by atoms with Gasteiger partial charge in [-0.3, -0.25) is 29.0 Å². The SMILES string of the molecule is CC.CC.CC.CC.CC1CCCCC1.CCOc1ccc2c(=O)[nH]ccc2c1.CCOc1ccc2c(=O)[nH]ccc2c1.CCOc1ccc2c(C)nccc2c1.Cc1nccc2cc(F)ccc12.PPP=NC1CCCCC1.PPP=NC1CCCCC1.[CH3-].[CH3-].[CH3-].[CH3-].[Y].[Y].[Y].[Y]. The number of benzene rings is 4. The minimum atomic E-state index is -0.201. The Morgan fingerprint density at radius 1 is 0.464 bits per heavy atom. The van der Waals surface area contributed by atoms with Crippen LogP contribution in [-0.2, 0) is 131 Å². The Balaban J connectivity index is -0.000000155. The van der Waals surface area contributed by atoms with Gasteiger partial charge in [0.25, 0.3) is 11.1 Å². The van der Waals surface area contributed by atoms with Crippen molar-refractivity contribution in [3.63, 3.8) is 0 Å². The summed E-state index contributed by atoms with van der Waals surface area (Å²) >= 11 is 0. The maximum atomic E-state index is 12.7. The minimum Gasteiger partial charge on any atom is -0.494 e. The van der Waals surface area contributed by atoms with E-state index >= 15 is 0 Å². The summed E-state index contributed by atoms with van der Waals surface area (Å²) in [6, 6.07) is 30.7. The van der Waals surface area contributed by atoms with Crippen molar-refractivity contribution in [2.24, 2.45) is 15.4 Å². The number of hydrogen-bond acceptors (Lipinski definition) is 9. The van der Waals surface area contributed by atoms with E-state index in [0.717, 1.165) is 72.0 Å². The Bertz CT molecular complexity index is 3180. The molecule has 0 saturated heterocycles. The molecule has 11 rings (SSSR count). The molecule has 8 aromatic rings. The van der Waals surface area contributed by atoms with Crippen LogP contribution in [0.4, 0.5) is 4.39 Å². The van der Waals surface area contributed by atoms with Crippen LogP contribution in [0.25, 0.3) is 43.1 Å². The van der Waals surface area contributed by atoms with Crippen molar-refractivity contribution in [1.82, 2.24) is 19.9 Å². The number of hydrogen-bond donors (Lipinski definition) is 2. The molecule has 534 valence electrons. The van der Waals surface area contributed by atoms with Crippen molar-refractivity contribution in [2.45, 2.75) is 205 Å². The van der Waals surface area contributed by atoms with Gasteiger partial charge in [-0.25, -0.2) is 4.39 Å². The first-order valence-electron chi connectivity index (χ1n) is 32.6. The molecular weight excluding hydrogens is 1630 g/mol. The third kappa shape index (κ3) is 47.8. The summed E-state index contributed by atoms with van der Waals surface area (Å²) in [6.07, 6.45) is 28.1. The molecule has 97 heavy (non-hydrogen) atoms. The Kier molecular flexibility index (Phi) is 86.0. The standard InChI is InChI=1S/C12H13NO.2C11H11NO2.C10H8FN.C7H14.2C6H14NP3.4C2H6.4CH3.4Y/c1-3-14-11-4-5-12-9(2)13-7-6-10(12)8-11;2*1-2-14-9-3-4-10-8(7-9)5-6-12-11(10)13;1-7-10-3-2-9(11)6-8(10)4-5-12-7;1-7-5-3-2-4-6-7;2*8-10-9-7-6-4-2-1-3-5-6;4*1-2;;;;;;;;/h4-8H,3H2,1-2H3;2*3-7H,2H2,1H3,(H,12,13);2-6H,1H3;7H,2-6H2,1H3;2*6,10H,1-5,8H2;4*1-2H3;4*1H3;;;;/q;;;;;;;;;;;4*-1;;;;. The number of nitrogens with zero attached hydrogens (tertiary/aromatic N) is 4. The molecule has 4 heterocycles. The second-order valence-electron chi connectivity index (χ2n) is 20.0. The second kappa shape index (κ2) is 74.1. The normalized spacial score (nSPS) is 12.7. The molecule has 3 aliphatic carbocycles. The fourth-order valence-electron chi connectivity index (χ4n) is 9.65. The van der Waals surface area contributed by atoms with Gasteiger partial charge in [-0.05, 0) is 201 Å². The molecule has 22 heteroatoms. The number of rotatable bonds is 10. The molecule has 3 saturated carbocycles. The zero-order chi connectivity index (χ0) is 66.0. The first kappa shape index (κ1) is 113. The van der Waals surface area contributed by atoms with Gasteiger partial charge in [-0.15, -0.1) is 17.9 Å². The van der Waals surface area contributed by atoms with E-state index in [-0.39, 0.29) is 177 Å². The van der Waals surface area contributed by atoms with Gasteiger partial charge in [-0.1, -0.05) is 133 Å². The average molecular weight is 1750 g/mol. The Hall–Kier alpha value is -0.214. The van der Waals surface area contributed by atoms with E-state index in [4.69, 9.17) is 14.2 Å². The zero-order valence-electron chi connectivity index (χ0n) is 62.6. The number of halogens is 1. The molecule has 11 nitrogen and oxygen atoms in total. The molecule has 4 aromatic carbocycles. The summed E-state index contributed by atoms with van der Waals surface area (Å²) in [5.74, 6) is 3.35. The molecule has 3 aliphatic rings. The van der Waals surface area contributed by atoms with Crippen LogP contribution in [0.5, 0.6) is 17.2 Å². The Morgan fingerprint density at radius 2 is 0.763 bits per heavy atom. The van der Waals surface area contributed by atoms with Crippen LogP contribution < -0.4 is 25.3 Å². The number of pyridine rings is 4. The van der Waals surface area contributed by atoms with Crippen LogP contribution in [-0.4, -0.2) is 51.8 Å². The fraction of sp³-hybridized carbons (Fsp3) is 0.467. The molecule has 0 amide bonds. The minimum absolute atomic E-state index is 0. The van der Waals surface area contributed by atoms with Crippen molar-refractivity contribution in [2.75, 3.05) is 19.8 Å². The van der Waals surface area contributed by atoms with Crippen molar-refractivity contribution < 1.29 is 149 Å². The summed E-state index contributed by atoms with van der Waals surface area (Å²) in [6.45, 7) is 30.1. The van der Waals surface area contributed by atoms with Crippen molar-refractivity contribution >= 4 is 93.0 Å². The molecule has 4 radical (unpaired) electrons. The average Bonchev–Trinajstić information content (AvgIpc) is 0.880. The van der Waals surface area contributed by atoms with E-state index in [1.165, 1.54) is 135 Å². The predicted molar refractivity (Wildman–Crippen MR) is 427 cm³/mol. The number of aryl methyl sites for hydroxylation is 2. The molecular formula is C75H121FN6O5P6Y4-4. The van der Waals surface area contributed by atoms with E-state index in [2.05, 4.69) is 60.3 Å². The summed E-state index contributed by atoms with van der Waals surface area (Å²) in [5.41, 5.74) is 1.87. The van der Waals surface area contributed by atoms with Gasteiger partial charge in [-0.2, -0.15) is 0 Å². The summed E-state index contributed by atoms with van der Waals surface area (Å²) in [5, 5.41) is 7.48. The number of nitrogens with one attached hydrogen (secondary N) is 2. The topological polar surface area (TPSA) is 144 Å². The summed E-state index contributed by atoms with van der Waals surface area (Å²) < 4.78 is 38.0. The monoisotopic (exact) mass is 1750 g/mol. The van der Waals surface area contributed by atoms with Crippen LogP contribution in [0, 0.1) is 55.3 Å². The second-order valence-corrected chi connectivity index (χ2v) is 28.7. The third-order valence-corrected chi connectivity index (χ3v) is 18.5. The van der Waals surface area contributed by atoms with Gasteiger partial charge in [0, 0.05) is 205 Å². The molecule has 2 N–H and O–H groups in total. The van der Waals surface area contributed by atoms with Gasteiger partial charge in [0.15, 0.2) is 0 Å². The third-order valence-electron chi connectivity index (χ3n) is 13.9. The number of H-pyrrole nitrogens is 2. The molecule has 0 spiro atoms. The zero-order valence-corrected chi connectivity index (χ0v) is 80.0. The predicted octanol–water partition coefficient (Wildman–Crippen LogP) is 25.6. The van der Waals surface area contributed by atoms with Crippen LogP contribution in [0.3, 0.4) is 0 Å². The van der Waals surface area contributed by atoms with Gasteiger partial charge in [0.05, 0.1) is 31.9 Å². The molecule has 0 aliphatic heterocycles. The molecule has 3 fully saturated rings. The Labute approximate surface area is 701 Å². The van der Waals surface area contributed by atoms with E-state index < -0.39 is 0 Å². The van der Waals surface area contributed by atoms with Crippen molar-refractivity contribution in [3.05, 3.63) is 189 Å².